The number of unbranched alkanes of at least 4 members (excludes halogenated alkanes) is 10. The van der Waals surface area contributed by atoms with Crippen LogP contribution < -0.4 is 4.74 Å². The van der Waals surface area contributed by atoms with Crippen molar-refractivity contribution in [2.45, 2.75) is 84.0 Å². The summed E-state index contributed by atoms with van der Waals surface area (Å²) in [4.78, 5) is 0. The second-order valence-electron chi connectivity index (χ2n) is 6.84. The summed E-state index contributed by atoms with van der Waals surface area (Å²) in [6.07, 6.45) is 16.3. The lowest BCUT2D eigenvalue weighted by Crippen LogP contribution is -1.97. The molecule has 3 heteroatoms. The Morgan fingerprint density at radius 1 is 0.720 bits per heavy atom. The van der Waals surface area contributed by atoms with Gasteiger partial charge >= 0.3 is 0 Å². The molecule has 144 valence electrons. The number of hydrogen-bond donors (Lipinski definition) is 1. The molecule has 0 aliphatic carbocycles. The smallest absolute Gasteiger partial charge is 0.119 e. The zero-order valence-corrected chi connectivity index (χ0v) is 17.0. The molecular formula is C22H38O2S. The minimum atomic E-state index is 0.289. The third kappa shape index (κ3) is 14.1. The van der Waals surface area contributed by atoms with E-state index in [1.54, 1.807) is 12.1 Å². The second-order valence-corrected chi connectivity index (χ2v) is 8.07. The van der Waals surface area contributed by atoms with Crippen LogP contribution in [0.1, 0.15) is 84.0 Å². The predicted molar refractivity (Wildman–Crippen MR) is 112 cm³/mol. The zero-order chi connectivity index (χ0) is 18.0. The molecule has 0 heterocycles. The van der Waals surface area contributed by atoms with Gasteiger partial charge in [-0.1, -0.05) is 64.7 Å². The second kappa shape index (κ2) is 16.6. The van der Waals surface area contributed by atoms with Crippen molar-refractivity contribution in [1.82, 2.24) is 0 Å². The van der Waals surface area contributed by atoms with Crippen LogP contribution in [0.5, 0.6) is 11.5 Å². The van der Waals surface area contributed by atoms with Crippen LogP contribution in [0.4, 0.5) is 0 Å². The Bertz CT molecular complexity index is 392. The molecule has 0 saturated carbocycles. The van der Waals surface area contributed by atoms with E-state index in [1.165, 1.54) is 82.1 Å². The van der Waals surface area contributed by atoms with Crippen LogP contribution in [-0.2, 0) is 0 Å². The molecule has 0 fully saturated rings. The van der Waals surface area contributed by atoms with Crippen molar-refractivity contribution in [2.24, 2.45) is 0 Å². The molecule has 0 saturated heterocycles. The molecule has 0 aliphatic rings. The third-order valence-electron chi connectivity index (χ3n) is 4.43. The quantitative estimate of drug-likeness (QED) is 0.295. The maximum Gasteiger partial charge on any atom is 0.119 e. The first-order valence-corrected chi connectivity index (χ1v) is 11.5. The lowest BCUT2D eigenvalue weighted by atomic mass is 10.1. The topological polar surface area (TPSA) is 29.5 Å². The van der Waals surface area contributed by atoms with E-state index in [0.29, 0.717) is 0 Å². The van der Waals surface area contributed by atoms with Crippen LogP contribution in [-0.4, -0.2) is 23.2 Å². The summed E-state index contributed by atoms with van der Waals surface area (Å²) < 4.78 is 5.66. The highest BCUT2D eigenvalue weighted by Crippen LogP contribution is 2.17. The van der Waals surface area contributed by atoms with Gasteiger partial charge in [0.2, 0.25) is 0 Å². The van der Waals surface area contributed by atoms with Gasteiger partial charge in [0.15, 0.2) is 0 Å². The first-order valence-electron chi connectivity index (χ1n) is 10.3. The molecule has 1 aromatic carbocycles. The number of ether oxygens (including phenoxy) is 1. The standard InChI is InChI=1S/C22H38O2S/c1-2-3-4-5-9-12-19-25-20-13-10-7-6-8-11-18-24-22-16-14-21(23)15-17-22/h14-17,23H,2-13,18-20H2,1H3. The molecule has 2 nitrogen and oxygen atoms in total. The van der Waals surface area contributed by atoms with E-state index in [0.717, 1.165) is 18.8 Å². The number of aromatic hydroxyl groups is 1. The molecule has 0 aromatic heterocycles. The molecule has 0 atom stereocenters. The number of phenols is 1. The summed E-state index contributed by atoms with van der Waals surface area (Å²) in [5.74, 6) is 3.84. The zero-order valence-electron chi connectivity index (χ0n) is 16.2. The Morgan fingerprint density at radius 2 is 1.24 bits per heavy atom. The number of benzene rings is 1. The highest BCUT2D eigenvalue weighted by atomic mass is 32.2. The predicted octanol–water partition coefficient (Wildman–Crippen LogP) is 7.21. The molecule has 1 aromatic rings. The van der Waals surface area contributed by atoms with Gasteiger partial charge in [-0.25, -0.2) is 0 Å². The molecule has 0 aliphatic heterocycles. The van der Waals surface area contributed by atoms with Gasteiger partial charge < -0.3 is 9.84 Å². The number of hydrogen-bond acceptors (Lipinski definition) is 3. The van der Waals surface area contributed by atoms with Crippen molar-refractivity contribution in [1.29, 1.82) is 0 Å². The highest BCUT2D eigenvalue weighted by Gasteiger charge is 1.96. The molecule has 1 rings (SSSR count). The van der Waals surface area contributed by atoms with E-state index in [-0.39, 0.29) is 5.75 Å². The minimum absolute atomic E-state index is 0.289. The summed E-state index contributed by atoms with van der Waals surface area (Å²) >= 11 is 2.15. The monoisotopic (exact) mass is 366 g/mol. The minimum Gasteiger partial charge on any atom is -0.508 e. The van der Waals surface area contributed by atoms with Crippen LogP contribution in [0.3, 0.4) is 0 Å². The van der Waals surface area contributed by atoms with Crippen molar-refractivity contribution in [3.05, 3.63) is 24.3 Å². The van der Waals surface area contributed by atoms with Crippen LogP contribution in [0, 0.1) is 0 Å². The SMILES string of the molecule is CCCCCCCCSCCCCCCCCOc1ccc(O)cc1. The van der Waals surface area contributed by atoms with Gasteiger partial charge in [-0.05, 0) is 55.0 Å². The molecular weight excluding hydrogens is 328 g/mol. The Balaban J connectivity index is 1.74. The average molecular weight is 367 g/mol. The van der Waals surface area contributed by atoms with Crippen LogP contribution in [0.15, 0.2) is 24.3 Å². The van der Waals surface area contributed by atoms with Crippen molar-refractivity contribution in [2.75, 3.05) is 18.1 Å². The summed E-state index contributed by atoms with van der Waals surface area (Å²) in [5, 5.41) is 9.21. The van der Waals surface area contributed by atoms with Crippen LogP contribution in [0.25, 0.3) is 0 Å². The van der Waals surface area contributed by atoms with E-state index < -0.39 is 0 Å². The third-order valence-corrected chi connectivity index (χ3v) is 5.59. The van der Waals surface area contributed by atoms with Gasteiger partial charge in [0.1, 0.15) is 11.5 Å². The van der Waals surface area contributed by atoms with Gasteiger partial charge in [0.25, 0.3) is 0 Å². The number of phenolic OH excluding ortho intramolecular Hbond substituents is 1. The Hall–Kier alpha value is -0.830. The number of thioether (sulfide) groups is 1. The van der Waals surface area contributed by atoms with Crippen molar-refractivity contribution in [3.8, 4) is 11.5 Å². The van der Waals surface area contributed by atoms with E-state index >= 15 is 0 Å². The summed E-state index contributed by atoms with van der Waals surface area (Å²) in [7, 11) is 0. The van der Waals surface area contributed by atoms with E-state index in [4.69, 9.17) is 4.74 Å². The van der Waals surface area contributed by atoms with E-state index in [2.05, 4.69) is 18.7 Å². The summed E-state index contributed by atoms with van der Waals surface area (Å²) in [6, 6.07) is 6.97. The maximum atomic E-state index is 9.21. The summed E-state index contributed by atoms with van der Waals surface area (Å²) in [6.45, 7) is 3.06. The Kier molecular flexibility index (Phi) is 14.8. The molecule has 0 radical (unpaired) electrons. The van der Waals surface area contributed by atoms with E-state index in [9.17, 15) is 5.11 Å². The first-order chi connectivity index (χ1) is 12.3. The lowest BCUT2D eigenvalue weighted by molar-refractivity contribution is 0.304. The molecule has 25 heavy (non-hydrogen) atoms. The average Bonchev–Trinajstić information content (AvgIpc) is 2.63. The normalized spacial score (nSPS) is 10.9. The van der Waals surface area contributed by atoms with E-state index in [1.807, 2.05) is 12.1 Å². The highest BCUT2D eigenvalue weighted by molar-refractivity contribution is 7.99. The lowest BCUT2D eigenvalue weighted by Gasteiger charge is -2.06. The fourth-order valence-corrected chi connectivity index (χ4v) is 3.85. The van der Waals surface area contributed by atoms with Gasteiger partial charge in [-0.15, -0.1) is 0 Å². The fourth-order valence-electron chi connectivity index (χ4n) is 2.83. The summed E-state index contributed by atoms with van der Waals surface area (Å²) in [5.41, 5.74) is 0. The van der Waals surface area contributed by atoms with Gasteiger partial charge in [-0.3, -0.25) is 0 Å². The number of rotatable bonds is 17. The van der Waals surface area contributed by atoms with Crippen molar-refractivity contribution < 1.29 is 9.84 Å². The molecule has 0 amide bonds. The fraction of sp³-hybridized carbons (Fsp3) is 0.727. The van der Waals surface area contributed by atoms with Gasteiger partial charge in [-0.2, -0.15) is 11.8 Å². The first kappa shape index (κ1) is 22.2. The maximum absolute atomic E-state index is 9.21. The largest absolute Gasteiger partial charge is 0.508 e. The van der Waals surface area contributed by atoms with Crippen LogP contribution >= 0.6 is 11.8 Å². The van der Waals surface area contributed by atoms with Crippen molar-refractivity contribution in [3.63, 3.8) is 0 Å². The van der Waals surface area contributed by atoms with Crippen LogP contribution in [0.2, 0.25) is 0 Å². The molecule has 0 unspecified atom stereocenters. The molecule has 1 N–H and O–H groups in total. The van der Waals surface area contributed by atoms with Gasteiger partial charge in [0.05, 0.1) is 6.61 Å². The molecule has 0 spiro atoms. The Labute approximate surface area is 159 Å². The van der Waals surface area contributed by atoms with Crippen molar-refractivity contribution >= 4 is 11.8 Å². The van der Waals surface area contributed by atoms with Gasteiger partial charge in [0, 0.05) is 0 Å². The Morgan fingerprint density at radius 3 is 1.84 bits per heavy atom. The molecule has 0 bridgehead atoms.